The lowest BCUT2D eigenvalue weighted by Crippen LogP contribution is -2.31. The molecule has 3 aromatic rings. The molecular weight excluding hydrogens is 314 g/mol. The first kappa shape index (κ1) is 15.7. The molecule has 3 heterocycles. The summed E-state index contributed by atoms with van der Waals surface area (Å²) < 4.78 is 1.38. The smallest absolute Gasteiger partial charge is 0.133 e. The highest BCUT2D eigenvalue weighted by molar-refractivity contribution is 7.19. The van der Waals surface area contributed by atoms with Gasteiger partial charge in [-0.3, -0.25) is 4.90 Å². The van der Waals surface area contributed by atoms with Gasteiger partial charge in [0.25, 0.3) is 0 Å². The molecule has 1 aromatic carbocycles. The van der Waals surface area contributed by atoms with Crippen molar-refractivity contribution in [3.8, 4) is 0 Å². The van der Waals surface area contributed by atoms with Gasteiger partial charge >= 0.3 is 0 Å². The highest BCUT2D eigenvalue weighted by Crippen LogP contribution is 2.28. The number of hydrogen-bond donors (Lipinski definition) is 0. The lowest BCUT2D eigenvalue weighted by atomic mass is 9.95. The SMILES string of the molecule is CC(C)(C)c1ncc2c(n1)CCN(Cc1cc3ccccc3s1)C2. The number of fused-ring (bicyclic) bond motifs is 2. The molecule has 0 unspecified atom stereocenters. The summed E-state index contributed by atoms with van der Waals surface area (Å²) in [6.07, 6.45) is 3.06. The second-order valence-electron chi connectivity index (χ2n) is 7.63. The predicted octanol–water partition coefficient (Wildman–Crippen LogP) is 4.55. The van der Waals surface area contributed by atoms with Gasteiger partial charge in [0.15, 0.2) is 0 Å². The Morgan fingerprint density at radius 1 is 1.21 bits per heavy atom. The lowest BCUT2D eigenvalue weighted by molar-refractivity contribution is 0.244. The van der Waals surface area contributed by atoms with Gasteiger partial charge in [-0.05, 0) is 17.5 Å². The van der Waals surface area contributed by atoms with E-state index in [9.17, 15) is 0 Å². The quantitative estimate of drug-likeness (QED) is 0.687. The minimum Gasteiger partial charge on any atom is -0.293 e. The molecule has 3 nitrogen and oxygen atoms in total. The highest BCUT2D eigenvalue weighted by atomic mass is 32.1. The van der Waals surface area contributed by atoms with E-state index >= 15 is 0 Å². The third-order valence-corrected chi connectivity index (χ3v) is 5.64. The largest absolute Gasteiger partial charge is 0.293 e. The second kappa shape index (κ2) is 5.94. The van der Waals surface area contributed by atoms with Gasteiger partial charge in [-0.25, -0.2) is 9.97 Å². The van der Waals surface area contributed by atoms with Gasteiger partial charge in [0.1, 0.15) is 5.82 Å². The summed E-state index contributed by atoms with van der Waals surface area (Å²) in [6.45, 7) is 9.55. The van der Waals surface area contributed by atoms with Crippen molar-refractivity contribution in [1.29, 1.82) is 0 Å². The van der Waals surface area contributed by atoms with Crippen LogP contribution in [0, 0.1) is 0 Å². The normalized spacial score (nSPS) is 15.6. The van der Waals surface area contributed by atoms with Gasteiger partial charge in [0.05, 0.1) is 0 Å². The van der Waals surface area contributed by atoms with Gasteiger partial charge in [-0.15, -0.1) is 11.3 Å². The molecule has 4 heteroatoms. The molecule has 4 rings (SSSR count). The Morgan fingerprint density at radius 2 is 2.04 bits per heavy atom. The van der Waals surface area contributed by atoms with Crippen LogP contribution < -0.4 is 0 Å². The van der Waals surface area contributed by atoms with E-state index < -0.39 is 0 Å². The molecule has 0 atom stereocenters. The van der Waals surface area contributed by atoms with Gasteiger partial charge in [0.2, 0.25) is 0 Å². The van der Waals surface area contributed by atoms with Crippen LogP contribution in [0.3, 0.4) is 0 Å². The van der Waals surface area contributed by atoms with E-state index in [-0.39, 0.29) is 5.41 Å². The monoisotopic (exact) mass is 337 g/mol. The average molecular weight is 337 g/mol. The van der Waals surface area contributed by atoms with E-state index in [4.69, 9.17) is 4.98 Å². The zero-order valence-electron chi connectivity index (χ0n) is 14.5. The fourth-order valence-corrected chi connectivity index (χ4v) is 4.31. The standard InChI is InChI=1S/C20H23N3S/c1-20(2,3)19-21-11-15-12-23(9-8-17(15)22-19)13-16-10-14-6-4-5-7-18(14)24-16/h4-7,10-11H,8-9,12-13H2,1-3H3. The Bertz CT molecular complexity index is 843. The molecule has 0 N–H and O–H groups in total. The molecule has 0 saturated heterocycles. The van der Waals surface area contributed by atoms with Crippen molar-refractivity contribution in [3.63, 3.8) is 0 Å². The Morgan fingerprint density at radius 3 is 2.83 bits per heavy atom. The highest BCUT2D eigenvalue weighted by Gasteiger charge is 2.23. The number of rotatable bonds is 2. The third kappa shape index (κ3) is 3.08. The molecule has 0 bridgehead atoms. The van der Waals surface area contributed by atoms with Crippen molar-refractivity contribution >= 4 is 21.4 Å². The number of aromatic nitrogens is 2. The third-order valence-electron chi connectivity index (χ3n) is 4.54. The average Bonchev–Trinajstić information content (AvgIpc) is 2.95. The Kier molecular flexibility index (Phi) is 3.89. The molecule has 1 aliphatic rings. The van der Waals surface area contributed by atoms with Crippen LogP contribution in [-0.2, 0) is 24.9 Å². The van der Waals surface area contributed by atoms with Crippen molar-refractivity contribution in [2.75, 3.05) is 6.54 Å². The van der Waals surface area contributed by atoms with E-state index in [1.54, 1.807) is 0 Å². The number of thiophene rings is 1. The van der Waals surface area contributed by atoms with E-state index in [0.717, 1.165) is 31.9 Å². The zero-order valence-corrected chi connectivity index (χ0v) is 15.4. The van der Waals surface area contributed by atoms with Crippen LogP contribution in [0.1, 0.15) is 42.7 Å². The molecule has 2 aromatic heterocycles. The van der Waals surface area contributed by atoms with Crippen molar-refractivity contribution in [2.45, 2.75) is 45.7 Å². The molecule has 0 fully saturated rings. The van der Waals surface area contributed by atoms with Crippen LogP contribution in [0.5, 0.6) is 0 Å². The summed E-state index contributed by atoms with van der Waals surface area (Å²) in [5.41, 5.74) is 2.54. The molecule has 1 aliphatic heterocycles. The number of benzene rings is 1. The maximum atomic E-state index is 4.83. The van der Waals surface area contributed by atoms with Crippen molar-refractivity contribution in [3.05, 3.63) is 58.5 Å². The van der Waals surface area contributed by atoms with Crippen molar-refractivity contribution in [1.82, 2.24) is 14.9 Å². The fourth-order valence-electron chi connectivity index (χ4n) is 3.21. The van der Waals surface area contributed by atoms with Gasteiger partial charge < -0.3 is 0 Å². The van der Waals surface area contributed by atoms with Crippen LogP contribution >= 0.6 is 11.3 Å². The summed E-state index contributed by atoms with van der Waals surface area (Å²) in [6, 6.07) is 11.0. The van der Waals surface area contributed by atoms with E-state index in [1.807, 2.05) is 17.5 Å². The molecule has 0 spiro atoms. The topological polar surface area (TPSA) is 29.0 Å². The van der Waals surface area contributed by atoms with Gasteiger partial charge in [0, 0.05) is 58.5 Å². The first-order valence-corrected chi connectivity index (χ1v) is 9.36. The molecule has 0 amide bonds. The van der Waals surface area contributed by atoms with Crippen molar-refractivity contribution < 1.29 is 0 Å². The van der Waals surface area contributed by atoms with Gasteiger partial charge in [-0.2, -0.15) is 0 Å². The minimum atomic E-state index is 0.0171. The van der Waals surface area contributed by atoms with Crippen LogP contribution in [0.4, 0.5) is 0 Å². The summed E-state index contributed by atoms with van der Waals surface area (Å²) in [5.74, 6) is 0.958. The first-order valence-electron chi connectivity index (χ1n) is 8.54. The maximum absolute atomic E-state index is 4.83. The van der Waals surface area contributed by atoms with E-state index in [1.165, 1.54) is 26.2 Å². The number of nitrogens with zero attached hydrogens (tertiary/aromatic N) is 3. The summed E-state index contributed by atoms with van der Waals surface area (Å²) in [5, 5.41) is 1.35. The predicted molar refractivity (Wildman–Crippen MR) is 100 cm³/mol. The maximum Gasteiger partial charge on any atom is 0.133 e. The molecule has 0 saturated carbocycles. The minimum absolute atomic E-state index is 0.0171. The summed E-state index contributed by atoms with van der Waals surface area (Å²) >= 11 is 1.91. The second-order valence-corrected chi connectivity index (χ2v) is 8.80. The Labute approximate surface area is 147 Å². The summed E-state index contributed by atoms with van der Waals surface area (Å²) in [4.78, 5) is 13.4. The molecule has 0 aliphatic carbocycles. The molecular formula is C20H23N3S. The summed E-state index contributed by atoms with van der Waals surface area (Å²) in [7, 11) is 0. The molecule has 0 radical (unpaired) electrons. The molecule has 124 valence electrons. The van der Waals surface area contributed by atoms with Crippen LogP contribution in [-0.4, -0.2) is 21.4 Å². The zero-order chi connectivity index (χ0) is 16.7. The van der Waals surface area contributed by atoms with Crippen LogP contribution in [0.2, 0.25) is 0 Å². The van der Waals surface area contributed by atoms with Crippen LogP contribution in [0.15, 0.2) is 36.5 Å². The van der Waals surface area contributed by atoms with E-state index in [2.05, 4.69) is 61.0 Å². The Hall–Kier alpha value is -1.78. The van der Waals surface area contributed by atoms with Crippen molar-refractivity contribution in [2.24, 2.45) is 0 Å². The van der Waals surface area contributed by atoms with E-state index in [0.29, 0.717) is 0 Å². The first-order chi connectivity index (χ1) is 11.5. The Balaban J connectivity index is 1.52. The lowest BCUT2D eigenvalue weighted by Gasteiger charge is -2.28. The molecule has 24 heavy (non-hydrogen) atoms. The number of hydrogen-bond acceptors (Lipinski definition) is 4. The van der Waals surface area contributed by atoms with Gasteiger partial charge in [-0.1, -0.05) is 39.0 Å². The van der Waals surface area contributed by atoms with Crippen LogP contribution in [0.25, 0.3) is 10.1 Å². The fraction of sp³-hybridized carbons (Fsp3) is 0.400.